The van der Waals surface area contributed by atoms with Crippen LogP contribution in [0.4, 0.5) is 11.4 Å². The van der Waals surface area contributed by atoms with Crippen LogP contribution in [-0.4, -0.2) is 84.3 Å². The number of ether oxygens (including phenoxy) is 1. The van der Waals surface area contributed by atoms with Crippen molar-refractivity contribution < 1.29 is 19.4 Å². The zero-order valence-corrected chi connectivity index (χ0v) is 42.7. The third kappa shape index (κ3) is 12.3. The zero-order chi connectivity index (χ0) is 48.9. The summed E-state index contributed by atoms with van der Waals surface area (Å²) in [7, 11) is -1.11. The SMILES string of the molecule is CC1(C)CCc2c(C(=O)Nc3cnn(C(c4ccccc4)C4CNC4)c3)n[nH]c2C1.CC1(C)CCc2c(C(=O)O)nn(COCC[Si](C)(C)C)c2C1.Nc1cnn(C(c2ccccc2)C2CCC2)c1. The fourth-order valence-electron chi connectivity index (χ4n) is 9.96. The third-order valence-electron chi connectivity index (χ3n) is 14.3. The van der Waals surface area contributed by atoms with Crippen LogP contribution in [0.5, 0.6) is 0 Å². The average molecular weight is 956 g/mol. The molecule has 69 heavy (non-hydrogen) atoms. The zero-order valence-electron chi connectivity index (χ0n) is 41.7. The first-order valence-electron chi connectivity index (χ1n) is 24.8. The van der Waals surface area contributed by atoms with E-state index in [0.717, 1.165) is 92.5 Å². The largest absolute Gasteiger partial charge is 0.476 e. The Hall–Kier alpha value is -5.84. The molecule has 10 rings (SSSR count). The molecule has 2 fully saturated rings. The van der Waals surface area contributed by atoms with Gasteiger partial charge in [-0.1, -0.05) is 114 Å². The Morgan fingerprint density at radius 3 is 2.01 bits per heavy atom. The van der Waals surface area contributed by atoms with Gasteiger partial charge >= 0.3 is 5.97 Å². The molecule has 6 N–H and O–H groups in total. The molecule has 0 bridgehead atoms. The lowest BCUT2D eigenvalue weighted by molar-refractivity contribution is 0.0667. The van der Waals surface area contributed by atoms with E-state index in [1.54, 1.807) is 17.1 Å². The molecule has 368 valence electrons. The minimum absolute atomic E-state index is 0.151. The summed E-state index contributed by atoms with van der Waals surface area (Å²) in [6.07, 6.45) is 16.8. The van der Waals surface area contributed by atoms with Gasteiger partial charge in [-0.05, 0) is 85.3 Å². The van der Waals surface area contributed by atoms with Gasteiger partial charge in [0.25, 0.3) is 5.91 Å². The Bertz CT molecular complexity index is 2650. The predicted octanol–water partition coefficient (Wildman–Crippen LogP) is 9.45. The third-order valence-corrected chi connectivity index (χ3v) is 16.0. The van der Waals surface area contributed by atoms with Crippen LogP contribution >= 0.6 is 0 Å². The number of carbonyl (C=O) groups excluding carboxylic acids is 1. The van der Waals surface area contributed by atoms with Crippen LogP contribution in [0.2, 0.25) is 25.7 Å². The number of anilines is 2. The fourth-order valence-corrected chi connectivity index (χ4v) is 10.7. The molecule has 0 radical (unpaired) electrons. The second-order valence-corrected chi connectivity index (χ2v) is 28.0. The van der Waals surface area contributed by atoms with Crippen molar-refractivity contribution in [1.29, 1.82) is 0 Å². The molecule has 2 atom stereocenters. The first-order valence-corrected chi connectivity index (χ1v) is 28.6. The minimum atomic E-state index is -1.11. The van der Waals surface area contributed by atoms with Crippen LogP contribution in [0, 0.1) is 22.7 Å². The van der Waals surface area contributed by atoms with Gasteiger partial charge in [-0.15, -0.1) is 0 Å². The maximum absolute atomic E-state index is 12.9. The van der Waals surface area contributed by atoms with Gasteiger partial charge in [0.2, 0.25) is 0 Å². The van der Waals surface area contributed by atoms with Crippen LogP contribution in [0.15, 0.2) is 85.5 Å². The van der Waals surface area contributed by atoms with Crippen LogP contribution in [-0.2, 0) is 37.2 Å². The molecule has 16 heteroatoms. The van der Waals surface area contributed by atoms with E-state index in [-0.39, 0.29) is 28.5 Å². The number of hydrogen-bond donors (Lipinski definition) is 5. The van der Waals surface area contributed by atoms with Crippen molar-refractivity contribution >= 4 is 31.3 Å². The Morgan fingerprint density at radius 2 is 1.45 bits per heavy atom. The molecule has 5 heterocycles. The first-order chi connectivity index (χ1) is 32.9. The molecule has 0 spiro atoms. The number of aromatic nitrogens is 8. The van der Waals surface area contributed by atoms with E-state index in [9.17, 15) is 14.7 Å². The highest BCUT2D eigenvalue weighted by Crippen LogP contribution is 2.41. The molecule has 1 saturated carbocycles. The molecule has 2 unspecified atom stereocenters. The fraction of sp³-hybridized carbons (Fsp3) is 0.509. The van der Waals surface area contributed by atoms with E-state index in [1.807, 2.05) is 27.8 Å². The number of carboxylic acid groups (broad SMARTS) is 1. The maximum Gasteiger partial charge on any atom is 0.356 e. The molecule has 1 amide bonds. The van der Waals surface area contributed by atoms with Crippen molar-refractivity contribution in [3.8, 4) is 0 Å². The molecule has 1 saturated heterocycles. The molecule has 2 aromatic carbocycles. The van der Waals surface area contributed by atoms with E-state index in [0.29, 0.717) is 36.0 Å². The Balaban J connectivity index is 0.000000146. The second-order valence-electron chi connectivity index (χ2n) is 22.4. The molecule has 1 aliphatic heterocycles. The summed E-state index contributed by atoms with van der Waals surface area (Å²) < 4.78 is 11.5. The lowest BCUT2D eigenvalue weighted by Crippen LogP contribution is -2.47. The van der Waals surface area contributed by atoms with Crippen LogP contribution < -0.4 is 16.4 Å². The lowest BCUT2D eigenvalue weighted by Gasteiger charge is -2.35. The second kappa shape index (κ2) is 21.0. The first kappa shape index (κ1) is 49.6. The van der Waals surface area contributed by atoms with Crippen molar-refractivity contribution in [3.63, 3.8) is 0 Å². The monoisotopic (exact) mass is 956 g/mol. The van der Waals surface area contributed by atoms with Gasteiger partial charge in [-0.3, -0.25) is 19.3 Å². The van der Waals surface area contributed by atoms with E-state index in [4.69, 9.17) is 10.5 Å². The summed E-state index contributed by atoms with van der Waals surface area (Å²) in [6.45, 7) is 18.9. The van der Waals surface area contributed by atoms with Crippen molar-refractivity contribution in [2.75, 3.05) is 30.7 Å². The molecule has 3 aliphatic carbocycles. The van der Waals surface area contributed by atoms with Gasteiger partial charge < -0.3 is 26.2 Å². The number of nitrogens with two attached hydrogens (primary N) is 1. The van der Waals surface area contributed by atoms with Crippen LogP contribution in [0.3, 0.4) is 0 Å². The number of carbonyl (C=O) groups is 2. The minimum Gasteiger partial charge on any atom is -0.476 e. The summed E-state index contributed by atoms with van der Waals surface area (Å²) in [6, 6.07) is 22.6. The topological polar surface area (TPSA) is 196 Å². The number of rotatable bonds is 14. The number of fused-ring (bicyclic) bond motifs is 2. The Kier molecular flexibility index (Phi) is 15.1. The number of nitrogen functional groups attached to an aromatic ring is 1. The van der Waals surface area contributed by atoms with Gasteiger partial charge in [0.15, 0.2) is 11.4 Å². The Labute approximate surface area is 408 Å². The average Bonchev–Trinajstić information content (AvgIpc) is 4.08. The number of amides is 1. The highest BCUT2D eigenvalue weighted by molar-refractivity contribution is 6.76. The van der Waals surface area contributed by atoms with E-state index < -0.39 is 14.0 Å². The molecule has 4 aromatic heterocycles. The summed E-state index contributed by atoms with van der Waals surface area (Å²) in [5.74, 6) is 0.0828. The molecule has 15 nitrogen and oxygen atoms in total. The van der Waals surface area contributed by atoms with Gasteiger partial charge in [0.05, 0.1) is 35.9 Å². The summed E-state index contributed by atoms with van der Waals surface area (Å²) in [4.78, 5) is 24.3. The van der Waals surface area contributed by atoms with Crippen LogP contribution in [0.25, 0.3) is 0 Å². The normalized spacial score (nSPS) is 18.1. The van der Waals surface area contributed by atoms with Crippen molar-refractivity contribution in [2.24, 2.45) is 22.7 Å². The number of aromatic carboxylic acids is 1. The number of hydrogen-bond acceptors (Lipinski definition) is 9. The van der Waals surface area contributed by atoms with Gasteiger partial charge in [0.1, 0.15) is 6.73 Å². The Morgan fingerprint density at radius 1 is 0.841 bits per heavy atom. The molecular formula is C53H73N11O4Si. The molecule has 6 aromatic rings. The predicted molar refractivity (Wildman–Crippen MR) is 273 cm³/mol. The van der Waals surface area contributed by atoms with Crippen LogP contribution in [0.1, 0.15) is 127 Å². The standard InChI is InChI=1S/C23H28N6O.C16H28N2O3Si.C14H17N3/c1-23(2)9-8-18-19(10-23)27-28-20(18)22(30)26-17-13-25-29(14-17)21(16-11-24-12-16)15-6-4-3-5-7-15;1-16(2)7-6-12-13(10-16)18(17-14(12)15(19)20)11-21-8-9-22(3,4)5;15-13-9-16-17(10-13)14(12-7-4-8-12)11-5-2-1-3-6-11/h3-7,13-14,16,21,24H,8-12H2,1-2H3,(H,26,30)(H,27,28);6-11H2,1-5H3,(H,19,20);1-3,5-6,9-10,12,14H,4,7-8,15H2. The number of nitrogens with zero attached hydrogens (tertiary/aromatic N) is 7. The number of H-pyrrole nitrogens is 1. The lowest BCUT2D eigenvalue weighted by atomic mass is 9.76. The number of nitrogens with one attached hydrogen (secondary N) is 3. The summed E-state index contributed by atoms with van der Waals surface area (Å²) in [5, 5.41) is 36.4. The van der Waals surface area contributed by atoms with E-state index >= 15 is 0 Å². The maximum atomic E-state index is 12.9. The number of benzene rings is 2. The van der Waals surface area contributed by atoms with Gasteiger partial charge in [0, 0.05) is 68.6 Å². The summed E-state index contributed by atoms with van der Waals surface area (Å²) >= 11 is 0. The van der Waals surface area contributed by atoms with Gasteiger partial charge in [-0.2, -0.15) is 20.4 Å². The molecular weight excluding hydrogens is 883 g/mol. The quantitative estimate of drug-likeness (QED) is 0.0518. The van der Waals surface area contributed by atoms with E-state index in [2.05, 4.69) is 138 Å². The van der Waals surface area contributed by atoms with Gasteiger partial charge in [-0.25, -0.2) is 9.48 Å². The number of carboxylic acids is 1. The van der Waals surface area contributed by atoms with Crippen molar-refractivity contribution in [3.05, 3.63) is 130 Å². The molecule has 4 aliphatic rings. The smallest absolute Gasteiger partial charge is 0.356 e. The highest BCUT2D eigenvalue weighted by atomic mass is 28.3. The highest BCUT2D eigenvalue weighted by Gasteiger charge is 2.35. The van der Waals surface area contributed by atoms with Crippen molar-refractivity contribution in [1.82, 2.24) is 44.9 Å². The van der Waals surface area contributed by atoms with Crippen molar-refractivity contribution in [2.45, 2.75) is 130 Å². The van der Waals surface area contributed by atoms with E-state index in [1.165, 1.54) is 30.4 Å². The number of aromatic amines is 1. The summed E-state index contributed by atoms with van der Waals surface area (Å²) in [5.41, 5.74) is 15.0.